The molecule has 4 atom stereocenters. The van der Waals surface area contributed by atoms with Crippen LogP contribution in [0.2, 0.25) is 0 Å². The summed E-state index contributed by atoms with van der Waals surface area (Å²) >= 11 is 4.89. The largest absolute Gasteiger partial charge is 0.455 e. The van der Waals surface area contributed by atoms with E-state index in [0.717, 1.165) is 42.9 Å². The zero-order valence-electron chi connectivity index (χ0n) is 27.5. The van der Waals surface area contributed by atoms with E-state index in [9.17, 15) is 19.2 Å². The van der Waals surface area contributed by atoms with Crippen LogP contribution in [0.4, 0.5) is 0 Å². The smallest absolute Gasteiger partial charge is 0.306 e. The highest BCUT2D eigenvalue weighted by atomic mass is 32.7. The number of nitrogens with one attached hydrogen (secondary N) is 1. The van der Waals surface area contributed by atoms with Crippen molar-refractivity contribution in [2.45, 2.75) is 118 Å². The molecule has 1 heterocycles. The van der Waals surface area contributed by atoms with Crippen LogP contribution in [0.1, 0.15) is 116 Å². The lowest BCUT2D eigenvalue weighted by Gasteiger charge is -2.36. The van der Waals surface area contributed by atoms with E-state index in [1.165, 1.54) is 18.3 Å². The Bertz CT molecular complexity index is 919. The number of nitrogens with zero attached hydrogens (tertiary/aromatic N) is 2. The Kier molecular flexibility index (Phi) is 26.9. The molecule has 250 valence electrons. The van der Waals surface area contributed by atoms with Crippen LogP contribution in [-0.2, 0) is 28.7 Å². The van der Waals surface area contributed by atoms with Gasteiger partial charge in [-0.2, -0.15) is 12.2 Å². The van der Waals surface area contributed by atoms with Crippen molar-refractivity contribution in [3.8, 4) is 0 Å². The summed E-state index contributed by atoms with van der Waals surface area (Å²) in [4.78, 5) is 53.3. The normalized spacial score (nSPS) is 12.5. The quantitative estimate of drug-likeness (QED) is 0.0538. The fourth-order valence-corrected chi connectivity index (χ4v) is 4.81. The van der Waals surface area contributed by atoms with Crippen LogP contribution in [0.15, 0.2) is 5.38 Å². The van der Waals surface area contributed by atoms with Crippen LogP contribution in [0, 0.1) is 18.8 Å². The Morgan fingerprint density at radius 2 is 1.77 bits per heavy atom. The lowest BCUT2D eigenvalue weighted by molar-refractivity contribution is -0.157. The average Bonchev–Trinajstić information content (AvgIpc) is 3.39. The van der Waals surface area contributed by atoms with Gasteiger partial charge in [-0.3, -0.25) is 19.2 Å². The molecule has 3 unspecified atom stereocenters. The van der Waals surface area contributed by atoms with Crippen LogP contribution < -0.4 is 11.1 Å². The highest BCUT2D eigenvalue weighted by molar-refractivity contribution is 8.31. The second kappa shape index (κ2) is 26.6. The van der Waals surface area contributed by atoms with Crippen molar-refractivity contribution in [1.29, 1.82) is 0 Å². The first-order valence-corrected chi connectivity index (χ1v) is 18.0. The van der Waals surface area contributed by atoms with Crippen molar-refractivity contribution in [1.82, 2.24) is 15.2 Å². The van der Waals surface area contributed by atoms with Crippen LogP contribution in [0.25, 0.3) is 0 Å². The Balaban J connectivity index is 0. The summed E-state index contributed by atoms with van der Waals surface area (Å²) in [5.41, 5.74) is 5.82. The van der Waals surface area contributed by atoms with Gasteiger partial charge >= 0.3 is 11.9 Å². The zero-order chi connectivity index (χ0) is 33.4. The number of aryl methyl sites for hydroxylation is 1. The summed E-state index contributed by atoms with van der Waals surface area (Å²) in [6.07, 6.45) is 5.80. The standard InChI is InChI=1S/C23H38N2O5S.C7H16N2O.H3PS/c1-8-10-22(28)30-20(23-24-17(6)13-31-23)12-19(15(3)4)25(14-29-18(7)26)21(27)11-16(5)9-2;1-9-6-4-2-3-5-7(8)10;1-2/h13,15-16,19-20H,8-12,14H2,1-7H3;9H,2-6H2,1H3,(H2,8,10);2H,1H2/t16-,19?,20?;;/m0../s1. The topological polar surface area (TPSA) is 141 Å². The van der Waals surface area contributed by atoms with Crippen LogP contribution in [-0.4, -0.2) is 60.0 Å². The van der Waals surface area contributed by atoms with Crippen molar-refractivity contribution < 1.29 is 28.7 Å². The Hall–Kier alpha value is -1.75. The first-order valence-electron chi connectivity index (χ1n) is 15.1. The number of nitrogens with two attached hydrogens (primary N) is 1. The van der Waals surface area contributed by atoms with E-state index in [1.54, 1.807) is 4.90 Å². The molecular weight excluding hydrogens is 607 g/mol. The van der Waals surface area contributed by atoms with Gasteiger partial charge in [-0.1, -0.05) is 55.9 Å². The number of rotatable bonds is 19. The second-order valence-electron chi connectivity index (χ2n) is 10.8. The molecule has 0 aliphatic heterocycles. The number of unbranched alkanes of at least 4 members (excludes halogenated alkanes) is 2. The summed E-state index contributed by atoms with van der Waals surface area (Å²) in [6.45, 7) is 14.2. The molecule has 43 heavy (non-hydrogen) atoms. The molecule has 2 amide bonds. The molecule has 1 aromatic heterocycles. The first-order chi connectivity index (χ1) is 20.4. The Morgan fingerprint density at radius 1 is 1.12 bits per heavy atom. The van der Waals surface area contributed by atoms with E-state index in [-0.39, 0.29) is 42.4 Å². The number of esters is 2. The molecule has 3 N–H and O–H groups in total. The monoisotopic (exact) mass is 664 g/mol. The fourth-order valence-electron chi connectivity index (χ4n) is 3.97. The van der Waals surface area contributed by atoms with Gasteiger partial charge in [0.1, 0.15) is 5.01 Å². The molecule has 0 aliphatic rings. The third-order valence-corrected chi connectivity index (χ3v) is 7.62. The number of carbonyl (C=O) groups is 4. The lowest BCUT2D eigenvalue weighted by atomic mass is 9.95. The molecule has 0 saturated heterocycles. The molecule has 0 saturated carbocycles. The number of thiol groups is 1. The van der Waals surface area contributed by atoms with Crippen molar-refractivity contribution >= 4 is 55.8 Å². The first kappa shape index (κ1) is 43.4. The van der Waals surface area contributed by atoms with E-state index < -0.39 is 12.1 Å². The van der Waals surface area contributed by atoms with Crippen LogP contribution in [0.3, 0.4) is 0 Å². The van der Waals surface area contributed by atoms with Crippen molar-refractivity contribution in [2.24, 2.45) is 17.6 Å². The molecule has 0 aromatic carbocycles. The number of thiazole rings is 1. The molecule has 1 rings (SSSR count). The highest BCUT2D eigenvalue weighted by Gasteiger charge is 2.33. The van der Waals surface area contributed by atoms with Gasteiger partial charge in [-0.05, 0) is 51.6 Å². The molecule has 0 bridgehead atoms. The zero-order valence-corrected chi connectivity index (χ0v) is 30.4. The number of ether oxygens (including phenoxy) is 2. The summed E-state index contributed by atoms with van der Waals surface area (Å²) in [5, 5.41) is 5.68. The minimum absolute atomic E-state index is 0.0601. The molecule has 0 radical (unpaired) electrons. The summed E-state index contributed by atoms with van der Waals surface area (Å²) in [6, 6.07) is -0.278. The minimum atomic E-state index is -0.554. The van der Waals surface area contributed by atoms with Crippen LogP contribution in [0.5, 0.6) is 0 Å². The Morgan fingerprint density at radius 3 is 2.23 bits per heavy atom. The Labute approximate surface area is 271 Å². The number of hydrogen-bond donors (Lipinski definition) is 3. The fraction of sp³-hybridized carbons (Fsp3) is 0.767. The molecule has 10 nitrogen and oxygen atoms in total. The third kappa shape index (κ3) is 21.6. The van der Waals surface area contributed by atoms with Gasteiger partial charge in [0.15, 0.2) is 12.8 Å². The predicted octanol–water partition coefficient (Wildman–Crippen LogP) is 5.99. The van der Waals surface area contributed by atoms with Gasteiger partial charge in [-0.25, -0.2) is 4.98 Å². The van der Waals surface area contributed by atoms with Gasteiger partial charge < -0.3 is 25.4 Å². The maximum atomic E-state index is 13.1. The minimum Gasteiger partial charge on any atom is -0.455 e. The molecule has 0 spiro atoms. The molecule has 0 fully saturated rings. The number of aromatic nitrogens is 1. The van der Waals surface area contributed by atoms with Gasteiger partial charge in [0, 0.05) is 49.7 Å². The maximum Gasteiger partial charge on any atom is 0.306 e. The summed E-state index contributed by atoms with van der Waals surface area (Å²) in [5.74, 6) is -0.692. The molecule has 1 aromatic rings. The van der Waals surface area contributed by atoms with E-state index in [1.807, 2.05) is 54.0 Å². The third-order valence-electron chi connectivity index (χ3n) is 6.56. The van der Waals surface area contributed by atoms with Crippen molar-refractivity contribution in [3.63, 3.8) is 0 Å². The number of hydrogen-bond acceptors (Lipinski definition) is 10. The molecule has 13 heteroatoms. The number of primary amides is 1. The van der Waals surface area contributed by atoms with E-state index in [0.29, 0.717) is 32.1 Å². The summed E-state index contributed by atoms with van der Waals surface area (Å²) in [7, 11) is 4.04. The SMILES string of the molecule is CCCC(=O)OC(CC(C(C)C)N(COC(C)=O)C(=O)C[C@@H](C)CC)c1nc(C)cs1.CNCCCCCC(N)=O.PS. The van der Waals surface area contributed by atoms with E-state index >= 15 is 0 Å². The number of amides is 2. The number of carbonyl (C=O) groups excluding carboxylic acids is 4. The maximum absolute atomic E-state index is 13.1. The highest BCUT2D eigenvalue weighted by Crippen LogP contribution is 2.31. The average molecular weight is 665 g/mol. The van der Waals surface area contributed by atoms with Crippen molar-refractivity contribution in [3.05, 3.63) is 16.1 Å². The van der Waals surface area contributed by atoms with Gasteiger partial charge in [0.05, 0.1) is 0 Å². The van der Waals surface area contributed by atoms with Gasteiger partial charge in [0.25, 0.3) is 0 Å². The second-order valence-corrected chi connectivity index (χ2v) is 11.7. The van der Waals surface area contributed by atoms with Crippen molar-refractivity contribution in [2.75, 3.05) is 20.3 Å². The molecular formula is C30H57N4O6PS2. The van der Waals surface area contributed by atoms with Gasteiger partial charge in [0.2, 0.25) is 11.8 Å². The van der Waals surface area contributed by atoms with Crippen LogP contribution >= 0.6 is 32.0 Å². The lowest BCUT2D eigenvalue weighted by Crippen LogP contribution is -2.46. The molecule has 0 aliphatic carbocycles. The predicted molar refractivity (Wildman–Crippen MR) is 182 cm³/mol. The summed E-state index contributed by atoms with van der Waals surface area (Å²) < 4.78 is 11.0. The van der Waals surface area contributed by atoms with Gasteiger partial charge in [-0.15, -0.1) is 11.3 Å². The van der Waals surface area contributed by atoms with E-state index in [4.69, 9.17) is 15.2 Å². The van der Waals surface area contributed by atoms with E-state index in [2.05, 4.69) is 31.0 Å².